The fourth-order valence-electron chi connectivity index (χ4n) is 1.72. The Morgan fingerprint density at radius 1 is 0.789 bits per heavy atom. The Kier molecular flexibility index (Phi) is 2.83. The van der Waals surface area contributed by atoms with Gasteiger partial charge in [0.1, 0.15) is 17.7 Å². The van der Waals surface area contributed by atoms with E-state index in [4.69, 9.17) is 4.42 Å². The van der Waals surface area contributed by atoms with Crippen LogP contribution in [0.1, 0.15) is 11.1 Å². The number of hydrogen-bond donors (Lipinski definition) is 0. The SMILES string of the molecule is Cc1ccc(-c2coc(-c3ccc(C)cn3)n2)nc1. The molecule has 3 aromatic rings. The Morgan fingerprint density at radius 3 is 2.00 bits per heavy atom. The van der Waals surface area contributed by atoms with Gasteiger partial charge < -0.3 is 4.42 Å². The number of aryl methyl sites for hydroxylation is 2. The zero-order valence-corrected chi connectivity index (χ0v) is 10.8. The third-order valence-corrected chi connectivity index (χ3v) is 2.81. The molecule has 0 amide bonds. The smallest absolute Gasteiger partial charge is 0.245 e. The predicted molar refractivity (Wildman–Crippen MR) is 72.4 cm³/mol. The van der Waals surface area contributed by atoms with Crippen LogP contribution in [0.25, 0.3) is 23.0 Å². The van der Waals surface area contributed by atoms with Crippen molar-refractivity contribution < 1.29 is 4.42 Å². The minimum Gasteiger partial charge on any atom is -0.443 e. The first-order valence-corrected chi connectivity index (χ1v) is 6.04. The molecule has 0 saturated heterocycles. The lowest BCUT2D eigenvalue weighted by molar-refractivity contribution is 0.572. The summed E-state index contributed by atoms with van der Waals surface area (Å²) in [6.07, 6.45) is 5.21. The number of rotatable bonds is 2. The van der Waals surface area contributed by atoms with Crippen LogP contribution in [0.5, 0.6) is 0 Å². The molecule has 0 aliphatic carbocycles. The third kappa shape index (κ3) is 2.38. The molecular formula is C15H13N3O. The van der Waals surface area contributed by atoms with E-state index < -0.39 is 0 Å². The second-order valence-corrected chi connectivity index (χ2v) is 4.48. The summed E-state index contributed by atoms with van der Waals surface area (Å²) in [5.41, 5.74) is 4.47. The number of nitrogens with zero attached hydrogens (tertiary/aromatic N) is 3. The van der Waals surface area contributed by atoms with Crippen molar-refractivity contribution >= 4 is 0 Å². The molecule has 0 aliphatic rings. The molecular weight excluding hydrogens is 238 g/mol. The van der Waals surface area contributed by atoms with Gasteiger partial charge >= 0.3 is 0 Å². The molecule has 3 heterocycles. The Labute approximate surface area is 111 Å². The van der Waals surface area contributed by atoms with Gasteiger partial charge in [-0.3, -0.25) is 9.97 Å². The molecule has 0 fully saturated rings. The van der Waals surface area contributed by atoms with Gasteiger partial charge in [0.15, 0.2) is 0 Å². The second-order valence-electron chi connectivity index (χ2n) is 4.48. The molecule has 3 rings (SSSR count). The van der Waals surface area contributed by atoms with E-state index in [1.807, 2.05) is 44.3 Å². The Morgan fingerprint density at radius 2 is 1.42 bits per heavy atom. The highest BCUT2D eigenvalue weighted by Crippen LogP contribution is 2.22. The van der Waals surface area contributed by atoms with Crippen molar-refractivity contribution in [3.8, 4) is 23.0 Å². The molecule has 19 heavy (non-hydrogen) atoms. The maximum Gasteiger partial charge on any atom is 0.245 e. The average Bonchev–Trinajstić information content (AvgIpc) is 2.90. The molecule has 4 heteroatoms. The normalized spacial score (nSPS) is 10.6. The molecule has 0 unspecified atom stereocenters. The average molecular weight is 251 g/mol. The molecule has 0 bridgehead atoms. The summed E-state index contributed by atoms with van der Waals surface area (Å²) in [4.78, 5) is 13.0. The zero-order chi connectivity index (χ0) is 13.2. The first kappa shape index (κ1) is 11.6. The van der Waals surface area contributed by atoms with Crippen LogP contribution in [-0.4, -0.2) is 15.0 Å². The van der Waals surface area contributed by atoms with Crippen molar-refractivity contribution in [2.75, 3.05) is 0 Å². The molecule has 0 saturated carbocycles. The fraction of sp³-hybridized carbons (Fsp3) is 0.133. The highest BCUT2D eigenvalue weighted by Gasteiger charge is 2.09. The summed E-state index contributed by atoms with van der Waals surface area (Å²) in [5, 5.41) is 0. The van der Waals surface area contributed by atoms with Gasteiger partial charge in [-0.1, -0.05) is 12.1 Å². The Balaban J connectivity index is 1.95. The molecule has 0 spiro atoms. The molecule has 0 radical (unpaired) electrons. The first-order valence-electron chi connectivity index (χ1n) is 6.04. The number of oxazole rings is 1. The quantitative estimate of drug-likeness (QED) is 0.700. The first-order chi connectivity index (χ1) is 9.22. The van der Waals surface area contributed by atoms with E-state index in [0.29, 0.717) is 5.89 Å². The van der Waals surface area contributed by atoms with E-state index in [1.165, 1.54) is 0 Å². The predicted octanol–water partition coefficient (Wildman–Crippen LogP) is 3.42. The molecule has 94 valence electrons. The summed E-state index contributed by atoms with van der Waals surface area (Å²) < 4.78 is 5.46. The van der Waals surface area contributed by atoms with Gasteiger partial charge in [0.2, 0.25) is 5.89 Å². The lowest BCUT2D eigenvalue weighted by Gasteiger charge is -1.96. The summed E-state index contributed by atoms with van der Waals surface area (Å²) in [5.74, 6) is 0.511. The van der Waals surface area contributed by atoms with Crippen LogP contribution in [0, 0.1) is 13.8 Å². The van der Waals surface area contributed by atoms with Crippen LogP contribution < -0.4 is 0 Å². The molecule has 0 aliphatic heterocycles. The largest absolute Gasteiger partial charge is 0.443 e. The summed E-state index contributed by atoms with van der Waals surface area (Å²) in [6, 6.07) is 7.81. The van der Waals surface area contributed by atoms with E-state index in [1.54, 1.807) is 12.5 Å². The van der Waals surface area contributed by atoms with Gasteiger partial charge in [0.05, 0.1) is 5.69 Å². The van der Waals surface area contributed by atoms with Gasteiger partial charge in [-0.05, 0) is 37.1 Å². The molecule has 0 aromatic carbocycles. The van der Waals surface area contributed by atoms with Gasteiger partial charge in [0.25, 0.3) is 0 Å². The van der Waals surface area contributed by atoms with E-state index in [9.17, 15) is 0 Å². The number of hydrogen-bond acceptors (Lipinski definition) is 4. The molecule has 4 nitrogen and oxygen atoms in total. The summed E-state index contributed by atoms with van der Waals surface area (Å²) in [7, 11) is 0. The monoisotopic (exact) mass is 251 g/mol. The highest BCUT2D eigenvalue weighted by atomic mass is 16.3. The topological polar surface area (TPSA) is 51.8 Å². The minimum atomic E-state index is 0.511. The van der Waals surface area contributed by atoms with E-state index >= 15 is 0 Å². The highest BCUT2D eigenvalue weighted by molar-refractivity contribution is 5.57. The Bertz CT molecular complexity index is 624. The lowest BCUT2D eigenvalue weighted by Crippen LogP contribution is -1.86. The van der Waals surface area contributed by atoms with Crippen molar-refractivity contribution in [1.29, 1.82) is 0 Å². The van der Waals surface area contributed by atoms with E-state index in [-0.39, 0.29) is 0 Å². The number of pyridine rings is 2. The minimum absolute atomic E-state index is 0.511. The van der Waals surface area contributed by atoms with Crippen molar-refractivity contribution in [3.63, 3.8) is 0 Å². The van der Waals surface area contributed by atoms with Gasteiger partial charge in [-0.2, -0.15) is 0 Å². The van der Waals surface area contributed by atoms with Crippen molar-refractivity contribution in [2.24, 2.45) is 0 Å². The van der Waals surface area contributed by atoms with E-state index in [2.05, 4.69) is 15.0 Å². The van der Waals surface area contributed by atoms with Gasteiger partial charge in [-0.15, -0.1) is 0 Å². The maximum absolute atomic E-state index is 5.46. The van der Waals surface area contributed by atoms with Crippen molar-refractivity contribution in [3.05, 3.63) is 54.0 Å². The van der Waals surface area contributed by atoms with E-state index in [0.717, 1.165) is 28.2 Å². The van der Waals surface area contributed by atoms with Crippen LogP contribution in [0.15, 0.2) is 47.3 Å². The molecule has 0 N–H and O–H groups in total. The van der Waals surface area contributed by atoms with Gasteiger partial charge in [-0.25, -0.2) is 4.98 Å². The number of aromatic nitrogens is 3. The van der Waals surface area contributed by atoms with Gasteiger partial charge in [0, 0.05) is 12.4 Å². The maximum atomic E-state index is 5.46. The molecule has 0 atom stereocenters. The van der Waals surface area contributed by atoms with Crippen molar-refractivity contribution in [2.45, 2.75) is 13.8 Å². The van der Waals surface area contributed by atoms with Crippen molar-refractivity contribution in [1.82, 2.24) is 15.0 Å². The van der Waals surface area contributed by atoms with Crippen LogP contribution in [-0.2, 0) is 0 Å². The zero-order valence-electron chi connectivity index (χ0n) is 10.8. The summed E-state index contributed by atoms with van der Waals surface area (Å²) >= 11 is 0. The summed E-state index contributed by atoms with van der Waals surface area (Å²) in [6.45, 7) is 4.00. The van der Waals surface area contributed by atoms with Crippen LogP contribution in [0.3, 0.4) is 0 Å². The molecule has 3 aromatic heterocycles. The lowest BCUT2D eigenvalue weighted by atomic mass is 10.2. The van der Waals surface area contributed by atoms with Crippen LogP contribution in [0.2, 0.25) is 0 Å². The third-order valence-electron chi connectivity index (χ3n) is 2.81. The van der Waals surface area contributed by atoms with Crippen LogP contribution >= 0.6 is 0 Å². The van der Waals surface area contributed by atoms with Crippen LogP contribution in [0.4, 0.5) is 0 Å². The second kappa shape index (κ2) is 4.65. The fourth-order valence-corrected chi connectivity index (χ4v) is 1.72. The standard InChI is InChI=1S/C15H13N3O/c1-10-3-5-12(16-7-10)14-9-19-15(18-14)13-6-4-11(2)8-17-13/h3-9H,1-2H3. The Hall–Kier alpha value is -2.49.